The standard InChI is InChI=1S/C22H24N8O/c1-28-12-14-29(15-13-28)20-21-26-19(22(31)24-11-8-16-6-9-23-10-7-16)27-30(21)18-5-3-2-4-17(18)25-20/h2-7,9-10H,8,11-15H2,1H3,(H,24,31). The number of rotatable bonds is 5. The van der Waals surface area contributed by atoms with E-state index in [1.54, 1.807) is 16.9 Å². The van der Waals surface area contributed by atoms with Crippen LogP contribution >= 0.6 is 0 Å². The van der Waals surface area contributed by atoms with Crippen LogP contribution in [0.15, 0.2) is 48.8 Å². The highest BCUT2D eigenvalue weighted by molar-refractivity contribution is 5.92. The van der Waals surface area contributed by atoms with E-state index in [1.807, 2.05) is 36.4 Å². The number of carbonyl (C=O) groups excluding carboxylic acids is 1. The fraction of sp³-hybridized carbons (Fsp3) is 0.318. The molecule has 0 bridgehead atoms. The Morgan fingerprint density at radius 1 is 1.03 bits per heavy atom. The summed E-state index contributed by atoms with van der Waals surface area (Å²) in [5.41, 5.74) is 3.39. The molecule has 0 saturated carbocycles. The molecule has 5 rings (SSSR count). The van der Waals surface area contributed by atoms with Crippen molar-refractivity contribution < 1.29 is 4.79 Å². The van der Waals surface area contributed by atoms with Crippen molar-refractivity contribution in [1.29, 1.82) is 0 Å². The maximum Gasteiger partial charge on any atom is 0.291 e. The van der Waals surface area contributed by atoms with Crippen LogP contribution in [0, 0.1) is 0 Å². The predicted molar refractivity (Wildman–Crippen MR) is 118 cm³/mol. The van der Waals surface area contributed by atoms with E-state index in [1.165, 1.54) is 0 Å². The van der Waals surface area contributed by atoms with Gasteiger partial charge in [0.25, 0.3) is 5.91 Å². The van der Waals surface area contributed by atoms with Gasteiger partial charge in [0, 0.05) is 45.1 Å². The monoisotopic (exact) mass is 416 g/mol. The summed E-state index contributed by atoms with van der Waals surface area (Å²) in [6.45, 7) is 4.13. The minimum Gasteiger partial charge on any atom is -0.351 e. The molecule has 1 aliphatic heterocycles. The molecule has 31 heavy (non-hydrogen) atoms. The molecular formula is C22H24N8O. The van der Waals surface area contributed by atoms with Crippen molar-refractivity contribution in [2.75, 3.05) is 44.7 Å². The molecule has 9 nitrogen and oxygen atoms in total. The van der Waals surface area contributed by atoms with Gasteiger partial charge < -0.3 is 15.1 Å². The lowest BCUT2D eigenvalue weighted by Crippen LogP contribution is -2.45. The lowest BCUT2D eigenvalue weighted by Gasteiger charge is -2.33. The van der Waals surface area contributed by atoms with Crippen molar-refractivity contribution in [3.05, 3.63) is 60.2 Å². The number of piperazine rings is 1. The Kier molecular flexibility index (Phi) is 5.17. The van der Waals surface area contributed by atoms with Crippen LogP contribution in [0.2, 0.25) is 0 Å². The maximum absolute atomic E-state index is 12.8. The third-order valence-electron chi connectivity index (χ3n) is 5.60. The zero-order valence-electron chi connectivity index (χ0n) is 17.4. The summed E-state index contributed by atoms with van der Waals surface area (Å²) in [6, 6.07) is 11.7. The molecule has 4 aromatic rings. The summed E-state index contributed by atoms with van der Waals surface area (Å²) >= 11 is 0. The van der Waals surface area contributed by atoms with Crippen molar-refractivity contribution >= 4 is 28.4 Å². The van der Waals surface area contributed by atoms with Crippen molar-refractivity contribution in [2.24, 2.45) is 0 Å². The smallest absolute Gasteiger partial charge is 0.291 e. The number of anilines is 1. The third-order valence-corrected chi connectivity index (χ3v) is 5.60. The van der Waals surface area contributed by atoms with Crippen LogP contribution in [0.25, 0.3) is 16.7 Å². The Hall–Kier alpha value is -3.59. The van der Waals surface area contributed by atoms with E-state index in [0.29, 0.717) is 12.2 Å². The van der Waals surface area contributed by atoms with E-state index < -0.39 is 0 Å². The highest BCUT2D eigenvalue weighted by Gasteiger charge is 2.23. The zero-order valence-corrected chi connectivity index (χ0v) is 17.4. The first-order chi connectivity index (χ1) is 15.2. The van der Waals surface area contributed by atoms with Gasteiger partial charge in [-0.3, -0.25) is 9.78 Å². The quantitative estimate of drug-likeness (QED) is 0.526. The van der Waals surface area contributed by atoms with E-state index in [0.717, 1.165) is 55.0 Å². The number of aromatic nitrogens is 5. The summed E-state index contributed by atoms with van der Waals surface area (Å²) in [6.07, 6.45) is 4.22. The molecule has 0 radical (unpaired) electrons. The SMILES string of the molecule is CN1CCN(c2nc3ccccc3n3nc(C(=O)NCCc4ccncc4)nc23)CC1. The zero-order chi connectivity index (χ0) is 21.2. The summed E-state index contributed by atoms with van der Waals surface area (Å²) in [7, 11) is 2.12. The summed E-state index contributed by atoms with van der Waals surface area (Å²) in [4.78, 5) is 30.8. The molecule has 0 aliphatic carbocycles. The fourth-order valence-corrected chi connectivity index (χ4v) is 3.80. The van der Waals surface area contributed by atoms with E-state index in [9.17, 15) is 4.79 Å². The second-order valence-corrected chi connectivity index (χ2v) is 7.75. The third kappa shape index (κ3) is 3.91. The van der Waals surface area contributed by atoms with Gasteiger partial charge >= 0.3 is 0 Å². The van der Waals surface area contributed by atoms with E-state index >= 15 is 0 Å². The summed E-state index contributed by atoms with van der Waals surface area (Å²) in [5.74, 6) is 0.643. The van der Waals surface area contributed by atoms with Gasteiger partial charge in [0.15, 0.2) is 11.5 Å². The number of hydrogen-bond acceptors (Lipinski definition) is 7. The molecule has 1 aliphatic rings. The van der Waals surface area contributed by atoms with Gasteiger partial charge in [-0.25, -0.2) is 9.50 Å². The fourth-order valence-electron chi connectivity index (χ4n) is 3.80. The largest absolute Gasteiger partial charge is 0.351 e. The van der Waals surface area contributed by atoms with Gasteiger partial charge in [0.05, 0.1) is 11.0 Å². The first-order valence-electron chi connectivity index (χ1n) is 10.4. The molecule has 1 fully saturated rings. The molecule has 3 aromatic heterocycles. The lowest BCUT2D eigenvalue weighted by atomic mass is 10.2. The Balaban J connectivity index is 1.45. The van der Waals surface area contributed by atoms with Gasteiger partial charge in [-0.2, -0.15) is 4.98 Å². The molecule has 158 valence electrons. The van der Waals surface area contributed by atoms with Crippen molar-refractivity contribution in [3.8, 4) is 0 Å². The van der Waals surface area contributed by atoms with Crippen LogP contribution in [0.5, 0.6) is 0 Å². The normalized spacial score (nSPS) is 14.9. The van der Waals surface area contributed by atoms with Crippen LogP contribution in [0.3, 0.4) is 0 Å². The number of pyridine rings is 1. The summed E-state index contributed by atoms with van der Waals surface area (Å²) < 4.78 is 1.74. The number of amides is 1. The number of hydrogen-bond donors (Lipinski definition) is 1. The molecule has 0 unspecified atom stereocenters. The highest BCUT2D eigenvalue weighted by atomic mass is 16.2. The van der Waals surface area contributed by atoms with Crippen LogP contribution in [0.1, 0.15) is 16.2 Å². The number of fused-ring (bicyclic) bond motifs is 3. The molecule has 0 spiro atoms. The Morgan fingerprint density at radius 2 is 1.81 bits per heavy atom. The second-order valence-electron chi connectivity index (χ2n) is 7.75. The molecule has 1 amide bonds. The molecular weight excluding hydrogens is 392 g/mol. The average molecular weight is 416 g/mol. The van der Waals surface area contributed by atoms with E-state index in [2.05, 4.69) is 37.2 Å². The molecule has 0 atom stereocenters. The summed E-state index contributed by atoms with van der Waals surface area (Å²) in [5, 5.41) is 7.47. The molecule has 9 heteroatoms. The number of nitrogens with zero attached hydrogens (tertiary/aromatic N) is 7. The molecule has 1 aromatic carbocycles. The Morgan fingerprint density at radius 3 is 2.61 bits per heavy atom. The number of para-hydroxylation sites is 2. The van der Waals surface area contributed by atoms with Gasteiger partial charge in [-0.1, -0.05) is 12.1 Å². The minimum atomic E-state index is -0.286. The van der Waals surface area contributed by atoms with Crippen molar-refractivity contribution in [1.82, 2.24) is 34.8 Å². The second kappa shape index (κ2) is 8.27. The lowest BCUT2D eigenvalue weighted by molar-refractivity contribution is 0.0944. The Bertz CT molecular complexity index is 1210. The van der Waals surface area contributed by atoms with Crippen LogP contribution < -0.4 is 10.2 Å². The predicted octanol–water partition coefficient (Wildman–Crippen LogP) is 1.40. The Labute approximate surface area is 179 Å². The van der Waals surface area contributed by atoms with Crippen LogP contribution in [-0.4, -0.2) is 75.1 Å². The first-order valence-corrected chi connectivity index (χ1v) is 10.4. The van der Waals surface area contributed by atoms with Crippen molar-refractivity contribution in [3.63, 3.8) is 0 Å². The van der Waals surface area contributed by atoms with Crippen molar-refractivity contribution in [2.45, 2.75) is 6.42 Å². The topological polar surface area (TPSA) is 91.5 Å². The van der Waals surface area contributed by atoms with E-state index in [4.69, 9.17) is 4.98 Å². The molecule has 1 saturated heterocycles. The number of carbonyl (C=O) groups is 1. The first kappa shape index (κ1) is 19.4. The molecule has 1 N–H and O–H groups in total. The molecule has 4 heterocycles. The van der Waals surface area contributed by atoms with Gasteiger partial charge in [0.2, 0.25) is 5.82 Å². The number of likely N-dealkylation sites (N-methyl/N-ethyl adjacent to an activating group) is 1. The van der Waals surface area contributed by atoms with Gasteiger partial charge in [-0.05, 0) is 43.3 Å². The van der Waals surface area contributed by atoms with E-state index in [-0.39, 0.29) is 11.7 Å². The average Bonchev–Trinajstić information content (AvgIpc) is 3.26. The highest BCUT2D eigenvalue weighted by Crippen LogP contribution is 2.24. The van der Waals surface area contributed by atoms with Gasteiger partial charge in [-0.15, -0.1) is 5.10 Å². The minimum absolute atomic E-state index is 0.156. The van der Waals surface area contributed by atoms with Gasteiger partial charge in [0.1, 0.15) is 0 Å². The van der Waals surface area contributed by atoms with Crippen LogP contribution in [-0.2, 0) is 6.42 Å². The number of nitrogens with one attached hydrogen (secondary N) is 1. The maximum atomic E-state index is 12.8. The number of benzene rings is 1. The van der Waals surface area contributed by atoms with Crippen LogP contribution in [0.4, 0.5) is 5.82 Å².